The van der Waals surface area contributed by atoms with Gasteiger partial charge in [0.25, 0.3) is 5.91 Å². The predicted molar refractivity (Wildman–Crippen MR) is 75.1 cm³/mol. The first kappa shape index (κ1) is 16.4. The van der Waals surface area contributed by atoms with Gasteiger partial charge in [0, 0.05) is 20.2 Å². The molecule has 0 radical (unpaired) electrons. The molecule has 112 valence electrons. The van der Waals surface area contributed by atoms with Crippen LogP contribution in [0.5, 0.6) is 5.75 Å². The molecule has 0 saturated heterocycles. The van der Waals surface area contributed by atoms with Gasteiger partial charge < -0.3 is 14.7 Å². The Morgan fingerprint density at radius 1 is 1.35 bits per heavy atom. The third-order valence-corrected chi connectivity index (χ3v) is 3.02. The van der Waals surface area contributed by atoms with Crippen LogP contribution in [-0.2, 0) is 4.79 Å². The molecule has 1 rings (SSSR count). The molecule has 1 aromatic rings. The van der Waals surface area contributed by atoms with Gasteiger partial charge in [0.1, 0.15) is 0 Å². The summed E-state index contributed by atoms with van der Waals surface area (Å²) in [7, 11) is 1.70. The normalized spacial score (nSPS) is 12.0. The van der Waals surface area contributed by atoms with Crippen molar-refractivity contribution < 1.29 is 19.0 Å². The van der Waals surface area contributed by atoms with E-state index in [1.165, 1.54) is 12.1 Å². The third kappa shape index (κ3) is 5.17. The first-order valence-electron chi connectivity index (χ1n) is 6.83. The quantitative estimate of drug-likeness (QED) is 0.744. The van der Waals surface area contributed by atoms with E-state index < -0.39 is 11.9 Å². The van der Waals surface area contributed by atoms with Crippen molar-refractivity contribution in [2.45, 2.75) is 32.3 Å². The van der Waals surface area contributed by atoms with E-state index >= 15 is 0 Å². The molecule has 0 spiro atoms. The zero-order valence-electron chi connectivity index (χ0n) is 12.0. The Bertz CT molecular complexity index is 425. The number of carbonyl (C=O) groups excluding carboxylic acids is 1. The summed E-state index contributed by atoms with van der Waals surface area (Å²) in [5, 5.41) is 8.68. The highest BCUT2D eigenvalue weighted by molar-refractivity contribution is 5.80. The molecular weight excluding hydrogens is 261 g/mol. The minimum absolute atomic E-state index is 0.0852. The molecule has 0 heterocycles. The van der Waals surface area contributed by atoms with Gasteiger partial charge in [0.15, 0.2) is 17.7 Å². The second-order valence-corrected chi connectivity index (χ2v) is 4.73. The Morgan fingerprint density at radius 2 is 2.05 bits per heavy atom. The number of rotatable bonds is 8. The summed E-state index contributed by atoms with van der Waals surface area (Å²) in [6.45, 7) is 2.38. The van der Waals surface area contributed by atoms with Gasteiger partial charge in [-0.25, -0.2) is 4.39 Å². The second-order valence-electron chi connectivity index (χ2n) is 4.73. The largest absolute Gasteiger partial charge is 0.478 e. The van der Waals surface area contributed by atoms with Crippen molar-refractivity contribution in [3.8, 4) is 5.75 Å². The van der Waals surface area contributed by atoms with Crippen molar-refractivity contribution in [2.24, 2.45) is 0 Å². The van der Waals surface area contributed by atoms with Gasteiger partial charge in [0.2, 0.25) is 0 Å². The molecule has 0 aliphatic heterocycles. The van der Waals surface area contributed by atoms with Crippen LogP contribution in [-0.4, -0.2) is 42.2 Å². The zero-order valence-corrected chi connectivity index (χ0v) is 12.0. The van der Waals surface area contributed by atoms with Crippen molar-refractivity contribution in [3.05, 3.63) is 30.1 Å². The molecule has 0 bridgehead atoms. The van der Waals surface area contributed by atoms with Gasteiger partial charge >= 0.3 is 0 Å². The number of likely N-dealkylation sites (N-methyl/N-ethyl adjacent to an activating group) is 1. The van der Waals surface area contributed by atoms with E-state index in [1.54, 1.807) is 31.0 Å². The topological polar surface area (TPSA) is 49.8 Å². The van der Waals surface area contributed by atoms with Crippen LogP contribution in [0, 0.1) is 5.82 Å². The molecule has 1 amide bonds. The van der Waals surface area contributed by atoms with Gasteiger partial charge in [0.05, 0.1) is 0 Å². The molecular formula is C15H22FNO3. The molecule has 0 aromatic heterocycles. The van der Waals surface area contributed by atoms with E-state index in [-0.39, 0.29) is 18.3 Å². The smallest absolute Gasteiger partial charge is 0.263 e. The molecule has 1 atom stereocenters. The average Bonchev–Trinajstić information content (AvgIpc) is 2.45. The lowest BCUT2D eigenvalue weighted by Crippen LogP contribution is -2.38. The number of hydrogen-bond donors (Lipinski definition) is 1. The summed E-state index contributed by atoms with van der Waals surface area (Å²) in [5.74, 6) is -0.572. The molecule has 4 nitrogen and oxygen atoms in total. The Hall–Kier alpha value is -1.62. The van der Waals surface area contributed by atoms with Crippen LogP contribution in [0.4, 0.5) is 4.39 Å². The SMILES string of the molecule is CC(Oc1ccccc1F)C(=O)N(C)CCCCCO. The first-order chi connectivity index (χ1) is 9.56. The molecule has 0 aliphatic carbocycles. The Morgan fingerprint density at radius 3 is 2.70 bits per heavy atom. The minimum Gasteiger partial charge on any atom is -0.478 e. The molecule has 5 heteroatoms. The summed E-state index contributed by atoms with van der Waals surface area (Å²) in [6, 6.07) is 6.03. The highest BCUT2D eigenvalue weighted by Crippen LogP contribution is 2.17. The summed E-state index contributed by atoms with van der Waals surface area (Å²) in [6.07, 6.45) is 1.71. The molecule has 0 fully saturated rings. The minimum atomic E-state index is -0.727. The fraction of sp³-hybridized carbons (Fsp3) is 0.533. The summed E-state index contributed by atoms with van der Waals surface area (Å²) >= 11 is 0. The lowest BCUT2D eigenvalue weighted by Gasteiger charge is -2.22. The molecule has 20 heavy (non-hydrogen) atoms. The van der Waals surface area contributed by atoms with Crippen LogP contribution in [0.15, 0.2) is 24.3 Å². The monoisotopic (exact) mass is 283 g/mol. The van der Waals surface area contributed by atoms with E-state index in [9.17, 15) is 9.18 Å². The van der Waals surface area contributed by atoms with E-state index in [0.717, 1.165) is 19.3 Å². The van der Waals surface area contributed by atoms with Crippen molar-refractivity contribution in [1.82, 2.24) is 4.90 Å². The number of unbranched alkanes of at least 4 members (excludes halogenated alkanes) is 2. The van der Waals surface area contributed by atoms with Gasteiger partial charge in [-0.3, -0.25) is 4.79 Å². The van der Waals surface area contributed by atoms with Crippen molar-refractivity contribution in [1.29, 1.82) is 0 Å². The number of aliphatic hydroxyl groups excluding tert-OH is 1. The van der Waals surface area contributed by atoms with E-state index in [1.807, 2.05) is 0 Å². The zero-order chi connectivity index (χ0) is 15.0. The summed E-state index contributed by atoms with van der Waals surface area (Å²) < 4.78 is 18.8. The number of halogens is 1. The van der Waals surface area contributed by atoms with Crippen LogP contribution < -0.4 is 4.74 Å². The number of amides is 1. The van der Waals surface area contributed by atoms with Crippen molar-refractivity contribution in [3.63, 3.8) is 0 Å². The van der Waals surface area contributed by atoms with Crippen LogP contribution in [0.1, 0.15) is 26.2 Å². The number of nitrogens with zero attached hydrogens (tertiary/aromatic N) is 1. The summed E-state index contributed by atoms with van der Waals surface area (Å²) in [4.78, 5) is 13.6. The number of aliphatic hydroxyl groups is 1. The van der Waals surface area contributed by atoms with Crippen LogP contribution in [0.2, 0.25) is 0 Å². The number of benzene rings is 1. The lowest BCUT2D eigenvalue weighted by atomic mass is 10.2. The lowest BCUT2D eigenvalue weighted by molar-refractivity contribution is -0.136. The molecule has 1 N–H and O–H groups in total. The second kappa shape index (κ2) is 8.53. The fourth-order valence-electron chi connectivity index (χ4n) is 1.84. The number of hydrogen-bond acceptors (Lipinski definition) is 3. The molecule has 0 saturated carbocycles. The molecule has 1 aromatic carbocycles. The Kier molecular flexibility index (Phi) is 7.01. The van der Waals surface area contributed by atoms with Gasteiger partial charge in [-0.05, 0) is 38.3 Å². The average molecular weight is 283 g/mol. The van der Waals surface area contributed by atoms with Gasteiger partial charge in [-0.15, -0.1) is 0 Å². The maximum atomic E-state index is 13.4. The fourth-order valence-corrected chi connectivity index (χ4v) is 1.84. The molecule has 1 unspecified atom stereocenters. The van der Waals surface area contributed by atoms with Gasteiger partial charge in [-0.1, -0.05) is 12.1 Å². The first-order valence-corrected chi connectivity index (χ1v) is 6.83. The highest BCUT2D eigenvalue weighted by Gasteiger charge is 2.19. The maximum Gasteiger partial charge on any atom is 0.263 e. The van der Waals surface area contributed by atoms with Crippen molar-refractivity contribution >= 4 is 5.91 Å². The van der Waals surface area contributed by atoms with Crippen LogP contribution >= 0.6 is 0 Å². The standard InChI is InChI=1S/C15H22FNO3/c1-12(20-14-9-5-4-8-13(14)16)15(19)17(2)10-6-3-7-11-18/h4-5,8-9,12,18H,3,6-7,10-11H2,1-2H3. The number of para-hydroxylation sites is 1. The molecule has 0 aliphatic rings. The third-order valence-electron chi connectivity index (χ3n) is 3.02. The van der Waals surface area contributed by atoms with Crippen LogP contribution in [0.3, 0.4) is 0 Å². The number of ether oxygens (including phenoxy) is 1. The maximum absolute atomic E-state index is 13.4. The van der Waals surface area contributed by atoms with Crippen LogP contribution in [0.25, 0.3) is 0 Å². The highest BCUT2D eigenvalue weighted by atomic mass is 19.1. The Labute approximate surface area is 119 Å². The summed E-state index contributed by atoms with van der Waals surface area (Å²) in [5.41, 5.74) is 0. The van der Waals surface area contributed by atoms with Crippen molar-refractivity contribution in [2.75, 3.05) is 20.2 Å². The van der Waals surface area contributed by atoms with E-state index in [0.29, 0.717) is 6.54 Å². The van der Waals surface area contributed by atoms with Gasteiger partial charge in [-0.2, -0.15) is 0 Å². The Balaban J connectivity index is 2.44. The number of carbonyl (C=O) groups is 1. The predicted octanol–water partition coefficient (Wildman–Crippen LogP) is 2.21. The van der Waals surface area contributed by atoms with E-state index in [2.05, 4.69) is 0 Å². The van der Waals surface area contributed by atoms with E-state index in [4.69, 9.17) is 9.84 Å².